The zero-order chi connectivity index (χ0) is 20.1. The summed E-state index contributed by atoms with van der Waals surface area (Å²) in [6.45, 7) is 1.69. The van der Waals surface area contributed by atoms with Crippen molar-refractivity contribution in [3.8, 4) is 11.3 Å². The molecule has 1 aromatic carbocycles. The van der Waals surface area contributed by atoms with E-state index in [1.807, 2.05) is 0 Å². The average Bonchev–Trinajstić information content (AvgIpc) is 3.13. The number of hydrogen-bond acceptors (Lipinski definition) is 7. The number of benzene rings is 1. The van der Waals surface area contributed by atoms with Crippen LogP contribution in [0.25, 0.3) is 11.3 Å². The number of carbonyl (C=O) groups excluding carboxylic acids is 2. The van der Waals surface area contributed by atoms with Gasteiger partial charge in [0.05, 0.1) is 18.6 Å². The van der Waals surface area contributed by atoms with Crippen molar-refractivity contribution in [3.63, 3.8) is 0 Å². The van der Waals surface area contributed by atoms with Crippen molar-refractivity contribution in [1.82, 2.24) is 14.5 Å². The second kappa shape index (κ2) is 8.77. The molecule has 28 heavy (non-hydrogen) atoms. The Hall–Kier alpha value is -3.04. The molecule has 0 saturated carbocycles. The van der Waals surface area contributed by atoms with Crippen LogP contribution in [0.15, 0.2) is 46.8 Å². The van der Waals surface area contributed by atoms with Gasteiger partial charge in [-0.25, -0.2) is 14.8 Å². The Kier molecular flexibility index (Phi) is 6.17. The SMILES string of the molecule is CCOC(=O)c1csc(NC(=O)Cn2cnc(-c3ccc(Cl)cc3)cc2=O)n1. The Morgan fingerprint density at radius 1 is 1.29 bits per heavy atom. The van der Waals surface area contributed by atoms with Gasteiger partial charge in [0, 0.05) is 22.0 Å². The third-order valence-corrected chi connectivity index (χ3v) is 4.58. The lowest BCUT2D eigenvalue weighted by atomic mass is 10.1. The predicted molar refractivity (Wildman–Crippen MR) is 106 cm³/mol. The van der Waals surface area contributed by atoms with Crippen molar-refractivity contribution < 1.29 is 14.3 Å². The maximum Gasteiger partial charge on any atom is 0.357 e. The molecular formula is C18H15ClN4O4S. The van der Waals surface area contributed by atoms with E-state index >= 15 is 0 Å². The number of thiazole rings is 1. The number of anilines is 1. The van der Waals surface area contributed by atoms with Crippen LogP contribution in [0.4, 0.5) is 5.13 Å². The van der Waals surface area contributed by atoms with Crippen LogP contribution < -0.4 is 10.9 Å². The summed E-state index contributed by atoms with van der Waals surface area (Å²) in [5.41, 5.74) is 0.972. The molecule has 3 aromatic rings. The maximum absolute atomic E-state index is 12.3. The fourth-order valence-corrected chi connectivity index (χ4v) is 3.09. The van der Waals surface area contributed by atoms with Crippen molar-refractivity contribution in [2.75, 3.05) is 11.9 Å². The van der Waals surface area contributed by atoms with Crippen LogP contribution in [0.1, 0.15) is 17.4 Å². The minimum atomic E-state index is -0.558. The monoisotopic (exact) mass is 418 g/mol. The van der Waals surface area contributed by atoms with Gasteiger partial charge in [-0.3, -0.25) is 14.2 Å². The molecule has 0 unspecified atom stereocenters. The van der Waals surface area contributed by atoms with Crippen molar-refractivity contribution in [1.29, 1.82) is 0 Å². The molecule has 0 fully saturated rings. The number of halogens is 1. The molecule has 2 heterocycles. The van der Waals surface area contributed by atoms with Crippen molar-refractivity contribution in [2.45, 2.75) is 13.5 Å². The number of esters is 1. The molecule has 0 bridgehead atoms. The normalized spacial score (nSPS) is 10.5. The van der Waals surface area contributed by atoms with Gasteiger partial charge in [0.15, 0.2) is 10.8 Å². The van der Waals surface area contributed by atoms with Crippen LogP contribution in [0.5, 0.6) is 0 Å². The molecule has 0 spiro atoms. The Balaban J connectivity index is 1.66. The van der Waals surface area contributed by atoms with E-state index in [0.717, 1.165) is 16.9 Å². The van der Waals surface area contributed by atoms with Crippen LogP contribution in [-0.4, -0.2) is 33.0 Å². The lowest BCUT2D eigenvalue weighted by Gasteiger charge is -2.06. The lowest BCUT2D eigenvalue weighted by molar-refractivity contribution is -0.116. The Bertz CT molecular complexity index is 1060. The molecule has 8 nitrogen and oxygen atoms in total. The fraction of sp³-hybridized carbons (Fsp3) is 0.167. The summed E-state index contributed by atoms with van der Waals surface area (Å²) >= 11 is 6.94. The van der Waals surface area contributed by atoms with Gasteiger partial charge >= 0.3 is 5.97 Å². The molecule has 144 valence electrons. The van der Waals surface area contributed by atoms with Crippen LogP contribution >= 0.6 is 22.9 Å². The fourth-order valence-electron chi connectivity index (χ4n) is 2.27. The van der Waals surface area contributed by atoms with E-state index in [-0.39, 0.29) is 29.5 Å². The van der Waals surface area contributed by atoms with E-state index in [9.17, 15) is 14.4 Å². The third-order valence-electron chi connectivity index (χ3n) is 3.57. The second-order valence-electron chi connectivity index (χ2n) is 5.55. The van der Waals surface area contributed by atoms with E-state index in [4.69, 9.17) is 16.3 Å². The van der Waals surface area contributed by atoms with E-state index in [0.29, 0.717) is 10.7 Å². The first-order chi connectivity index (χ1) is 13.5. The molecule has 3 rings (SSSR count). The van der Waals surface area contributed by atoms with Gasteiger partial charge in [-0.2, -0.15) is 0 Å². The molecule has 0 atom stereocenters. The molecule has 1 amide bonds. The van der Waals surface area contributed by atoms with Gasteiger partial charge in [0.25, 0.3) is 5.56 Å². The molecule has 0 aliphatic carbocycles. The number of aromatic nitrogens is 3. The smallest absolute Gasteiger partial charge is 0.357 e. The number of carbonyl (C=O) groups is 2. The first-order valence-corrected chi connectivity index (χ1v) is 9.47. The molecule has 2 aromatic heterocycles. The van der Waals surface area contributed by atoms with E-state index in [2.05, 4.69) is 15.3 Å². The highest BCUT2D eigenvalue weighted by molar-refractivity contribution is 7.14. The molecule has 0 saturated heterocycles. The predicted octanol–water partition coefficient (Wildman–Crippen LogP) is 2.84. The Morgan fingerprint density at radius 3 is 2.71 bits per heavy atom. The summed E-state index contributed by atoms with van der Waals surface area (Å²) in [5.74, 6) is -1.02. The topological polar surface area (TPSA) is 103 Å². The van der Waals surface area contributed by atoms with E-state index in [1.54, 1.807) is 31.2 Å². The average molecular weight is 419 g/mol. The van der Waals surface area contributed by atoms with Gasteiger partial charge < -0.3 is 10.1 Å². The molecule has 0 aliphatic rings. The number of amides is 1. The number of rotatable bonds is 6. The molecule has 1 N–H and O–H groups in total. The van der Waals surface area contributed by atoms with Crippen LogP contribution in [0.3, 0.4) is 0 Å². The standard InChI is InChI=1S/C18H15ClN4O4S/c1-2-27-17(26)14-9-28-18(21-14)22-15(24)8-23-10-20-13(7-16(23)25)11-3-5-12(19)6-4-11/h3-7,9-10H,2,8H2,1H3,(H,21,22,24). The van der Waals surface area contributed by atoms with Crippen LogP contribution in [0, 0.1) is 0 Å². The van der Waals surface area contributed by atoms with E-state index in [1.165, 1.54) is 22.3 Å². The van der Waals surface area contributed by atoms with Crippen LogP contribution in [-0.2, 0) is 16.1 Å². The van der Waals surface area contributed by atoms with Crippen LogP contribution in [0.2, 0.25) is 5.02 Å². The number of hydrogen-bond donors (Lipinski definition) is 1. The summed E-state index contributed by atoms with van der Waals surface area (Å²) in [5, 5.41) is 4.86. The van der Waals surface area contributed by atoms with Gasteiger partial charge in [-0.1, -0.05) is 23.7 Å². The number of nitrogens with one attached hydrogen (secondary N) is 1. The number of ether oxygens (including phenoxy) is 1. The number of nitrogens with zero attached hydrogens (tertiary/aromatic N) is 3. The lowest BCUT2D eigenvalue weighted by Crippen LogP contribution is -2.27. The minimum absolute atomic E-state index is 0.119. The third kappa shape index (κ3) is 4.81. The van der Waals surface area contributed by atoms with E-state index < -0.39 is 11.9 Å². The zero-order valence-electron chi connectivity index (χ0n) is 14.7. The quantitative estimate of drug-likeness (QED) is 0.617. The van der Waals surface area contributed by atoms with Crippen molar-refractivity contribution >= 4 is 39.9 Å². The largest absolute Gasteiger partial charge is 0.461 e. The summed E-state index contributed by atoms with van der Waals surface area (Å²) in [7, 11) is 0. The first kappa shape index (κ1) is 19.7. The summed E-state index contributed by atoms with van der Waals surface area (Å²) in [4.78, 5) is 44.2. The molecular weight excluding hydrogens is 404 g/mol. The Labute approximate surface area is 168 Å². The van der Waals surface area contributed by atoms with Crippen molar-refractivity contribution in [2.24, 2.45) is 0 Å². The molecule has 10 heteroatoms. The van der Waals surface area contributed by atoms with Gasteiger partial charge in [0.1, 0.15) is 6.54 Å². The minimum Gasteiger partial charge on any atom is -0.461 e. The van der Waals surface area contributed by atoms with Gasteiger partial charge in [-0.15, -0.1) is 11.3 Å². The molecule has 0 aliphatic heterocycles. The highest BCUT2D eigenvalue weighted by Gasteiger charge is 2.14. The second-order valence-corrected chi connectivity index (χ2v) is 6.85. The summed E-state index contributed by atoms with van der Waals surface area (Å²) < 4.78 is 6.02. The Morgan fingerprint density at radius 2 is 2.04 bits per heavy atom. The maximum atomic E-state index is 12.3. The molecule has 0 radical (unpaired) electrons. The summed E-state index contributed by atoms with van der Waals surface area (Å²) in [6, 6.07) is 8.26. The van der Waals surface area contributed by atoms with Gasteiger partial charge in [0.2, 0.25) is 5.91 Å². The highest BCUT2D eigenvalue weighted by Crippen LogP contribution is 2.18. The zero-order valence-corrected chi connectivity index (χ0v) is 16.3. The first-order valence-electron chi connectivity index (χ1n) is 8.21. The van der Waals surface area contributed by atoms with Crippen molar-refractivity contribution in [3.05, 3.63) is 63.1 Å². The highest BCUT2D eigenvalue weighted by atomic mass is 35.5. The summed E-state index contributed by atoms with van der Waals surface area (Å²) in [6.07, 6.45) is 1.30. The van der Waals surface area contributed by atoms with Gasteiger partial charge in [-0.05, 0) is 19.1 Å².